The number of hydrogen-bond acceptors (Lipinski definition) is 5. The van der Waals surface area contributed by atoms with E-state index in [1.54, 1.807) is 29.5 Å². The number of ether oxygens (including phenoxy) is 1. The zero-order valence-corrected chi connectivity index (χ0v) is 12.7. The van der Waals surface area contributed by atoms with Gasteiger partial charge in [0.1, 0.15) is 0 Å². The number of nitro groups is 1. The summed E-state index contributed by atoms with van der Waals surface area (Å²) in [4.78, 5) is 21.4. The predicted molar refractivity (Wildman–Crippen MR) is 77.5 cm³/mol. The Morgan fingerprint density at radius 2 is 2.30 bits per heavy atom. The van der Waals surface area contributed by atoms with Crippen molar-refractivity contribution in [3.8, 4) is 11.8 Å². The van der Waals surface area contributed by atoms with Crippen molar-refractivity contribution in [2.24, 2.45) is 0 Å². The molecule has 0 saturated carbocycles. The Morgan fingerprint density at radius 3 is 2.75 bits per heavy atom. The summed E-state index contributed by atoms with van der Waals surface area (Å²) in [5.41, 5.74) is -0.286. The van der Waals surface area contributed by atoms with Crippen molar-refractivity contribution in [2.45, 2.75) is 25.9 Å². The maximum atomic E-state index is 11.1. The third-order valence-electron chi connectivity index (χ3n) is 2.44. The van der Waals surface area contributed by atoms with Crippen molar-refractivity contribution in [1.82, 2.24) is 0 Å². The van der Waals surface area contributed by atoms with Crippen LogP contribution in [0.25, 0.3) is 0 Å². The molecule has 8 heteroatoms. The largest absolute Gasteiger partial charge is 0.479 e. The van der Waals surface area contributed by atoms with Crippen molar-refractivity contribution in [3.05, 3.63) is 31.4 Å². The van der Waals surface area contributed by atoms with E-state index in [2.05, 4.69) is 0 Å². The summed E-state index contributed by atoms with van der Waals surface area (Å²) in [5, 5.41) is 28.9. The molecule has 0 aliphatic carbocycles. The minimum atomic E-state index is -1.18. The molecule has 20 heavy (non-hydrogen) atoms. The molecule has 0 fully saturated rings. The molecular weight excluding hydrogens is 379 g/mol. The van der Waals surface area contributed by atoms with Crippen LogP contribution in [0.15, 0.2) is 12.1 Å². The standard InChI is InChI=1S/C12H11IN2O5/c1-2-3-10(12(16)17)20-11-8(13)4-7(6-14)5-9(11)15(18)19/h4-5,10H,2-3H2,1H3,(H,16,17). The van der Waals surface area contributed by atoms with Gasteiger partial charge in [-0.2, -0.15) is 5.26 Å². The fourth-order valence-corrected chi connectivity index (χ4v) is 2.27. The van der Waals surface area contributed by atoms with Crippen molar-refractivity contribution >= 4 is 34.2 Å². The van der Waals surface area contributed by atoms with Crippen molar-refractivity contribution in [3.63, 3.8) is 0 Å². The van der Waals surface area contributed by atoms with E-state index in [0.717, 1.165) is 6.07 Å². The molecule has 0 radical (unpaired) electrons. The number of carboxylic acids is 1. The Hall–Kier alpha value is -1.89. The Labute approximate surface area is 128 Å². The average Bonchev–Trinajstić information content (AvgIpc) is 2.39. The lowest BCUT2D eigenvalue weighted by Crippen LogP contribution is -2.27. The summed E-state index contributed by atoms with van der Waals surface area (Å²) in [6.45, 7) is 1.79. The fourth-order valence-electron chi connectivity index (χ4n) is 1.53. The molecule has 1 aromatic rings. The number of nitrogens with zero attached hydrogens (tertiary/aromatic N) is 2. The summed E-state index contributed by atoms with van der Waals surface area (Å²) >= 11 is 1.78. The van der Waals surface area contributed by atoms with Gasteiger partial charge in [0, 0.05) is 6.07 Å². The zero-order chi connectivity index (χ0) is 15.3. The van der Waals surface area contributed by atoms with Gasteiger partial charge in [-0.1, -0.05) is 13.3 Å². The van der Waals surface area contributed by atoms with Gasteiger partial charge in [-0.15, -0.1) is 0 Å². The highest BCUT2D eigenvalue weighted by Crippen LogP contribution is 2.34. The van der Waals surface area contributed by atoms with Gasteiger partial charge in [0.15, 0.2) is 6.10 Å². The van der Waals surface area contributed by atoms with Gasteiger partial charge in [-0.25, -0.2) is 4.79 Å². The zero-order valence-electron chi connectivity index (χ0n) is 10.5. The highest BCUT2D eigenvalue weighted by Gasteiger charge is 2.26. The number of aliphatic carboxylic acids is 1. The fraction of sp³-hybridized carbons (Fsp3) is 0.333. The van der Waals surface area contributed by atoms with Gasteiger partial charge in [-0.05, 0) is 35.1 Å². The number of benzene rings is 1. The quantitative estimate of drug-likeness (QED) is 0.454. The van der Waals surface area contributed by atoms with E-state index < -0.39 is 22.7 Å². The van der Waals surface area contributed by atoms with Crippen LogP contribution < -0.4 is 4.74 Å². The lowest BCUT2D eigenvalue weighted by molar-refractivity contribution is -0.386. The summed E-state index contributed by atoms with van der Waals surface area (Å²) in [6, 6.07) is 4.29. The van der Waals surface area contributed by atoms with Crippen LogP contribution in [0.3, 0.4) is 0 Å². The van der Waals surface area contributed by atoms with Gasteiger partial charge in [0.2, 0.25) is 5.75 Å². The van der Waals surface area contributed by atoms with Crippen LogP contribution in [0.1, 0.15) is 25.3 Å². The van der Waals surface area contributed by atoms with Crippen LogP contribution in [-0.4, -0.2) is 22.1 Å². The summed E-state index contributed by atoms with van der Waals surface area (Å²) in [6.07, 6.45) is -0.347. The van der Waals surface area contributed by atoms with E-state index in [0.29, 0.717) is 9.99 Å². The molecule has 0 amide bonds. The summed E-state index contributed by atoms with van der Waals surface area (Å²) in [5.74, 6) is -1.29. The molecule has 0 spiro atoms. The number of nitro benzene ring substituents is 1. The smallest absolute Gasteiger partial charge is 0.344 e. The Balaban J connectivity index is 3.26. The monoisotopic (exact) mass is 390 g/mol. The SMILES string of the molecule is CCCC(Oc1c(I)cc(C#N)cc1[N+](=O)[O-])C(=O)O. The second-order valence-corrected chi connectivity index (χ2v) is 5.07. The third-order valence-corrected chi connectivity index (χ3v) is 3.24. The first-order chi connectivity index (χ1) is 9.40. The number of halogens is 1. The van der Waals surface area contributed by atoms with Gasteiger partial charge in [-0.3, -0.25) is 10.1 Å². The minimum Gasteiger partial charge on any atom is -0.479 e. The van der Waals surface area contributed by atoms with Gasteiger partial charge < -0.3 is 9.84 Å². The maximum absolute atomic E-state index is 11.1. The second kappa shape index (κ2) is 7.04. The van der Waals surface area contributed by atoms with E-state index >= 15 is 0 Å². The molecular formula is C12H11IN2O5. The lowest BCUT2D eigenvalue weighted by atomic mass is 10.2. The van der Waals surface area contributed by atoms with Crippen molar-refractivity contribution in [1.29, 1.82) is 5.26 Å². The molecule has 0 heterocycles. The predicted octanol–water partition coefficient (Wildman–Crippen LogP) is 2.70. The number of hydrogen-bond donors (Lipinski definition) is 1. The molecule has 1 atom stereocenters. The first-order valence-corrected chi connectivity index (χ1v) is 6.76. The van der Waals surface area contributed by atoms with Crippen LogP contribution in [0.5, 0.6) is 5.75 Å². The van der Waals surface area contributed by atoms with Gasteiger partial charge in [0.05, 0.1) is 20.1 Å². The molecule has 0 bridgehead atoms. The minimum absolute atomic E-state index is 0.115. The summed E-state index contributed by atoms with van der Waals surface area (Å²) in [7, 11) is 0. The summed E-state index contributed by atoms with van der Waals surface area (Å²) < 4.78 is 5.61. The number of nitriles is 1. The normalized spacial score (nSPS) is 11.4. The molecule has 0 aliphatic rings. The molecule has 7 nitrogen and oxygen atoms in total. The highest BCUT2D eigenvalue weighted by molar-refractivity contribution is 14.1. The van der Waals surface area contributed by atoms with Crippen LogP contribution >= 0.6 is 22.6 Å². The Kier molecular flexibility index (Phi) is 5.69. The number of rotatable bonds is 6. The van der Waals surface area contributed by atoms with E-state index in [1.165, 1.54) is 6.07 Å². The van der Waals surface area contributed by atoms with Crippen molar-refractivity contribution in [2.75, 3.05) is 0 Å². The molecule has 1 unspecified atom stereocenters. The molecule has 0 saturated heterocycles. The van der Waals surface area contributed by atoms with Crippen LogP contribution in [-0.2, 0) is 4.79 Å². The average molecular weight is 390 g/mol. The van der Waals surface area contributed by atoms with E-state index in [9.17, 15) is 14.9 Å². The lowest BCUT2D eigenvalue weighted by Gasteiger charge is -2.15. The topological polar surface area (TPSA) is 113 Å². The molecule has 1 N–H and O–H groups in total. The second-order valence-electron chi connectivity index (χ2n) is 3.91. The molecule has 1 aromatic carbocycles. The van der Waals surface area contributed by atoms with E-state index in [1.807, 2.05) is 6.07 Å². The molecule has 1 rings (SSSR count). The van der Waals surface area contributed by atoms with Crippen molar-refractivity contribution < 1.29 is 19.6 Å². The third kappa shape index (κ3) is 3.80. The van der Waals surface area contributed by atoms with Gasteiger partial charge >= 0.3 is 11.7 Å². The van der Waals surface area contributed by atoms with E-state index in [-0.39, 0.29) is 17.7 Å². The highest BCUT2D eigenvalue weighted by atomic mass is 127. The van der Waals surface area contributed by atoms with Crippen LogP contribution in [0.2, 0.25) is 0 Å². The Morgan fingerprint density at radius 1 is 1.65 bits per heavy atom. The molecule has 0 aliphatic heterocycles. The first kappa shape index (κ1) is 16.2. The van der Waals surface area contributed by atoms with Crippen LogP contribution in [0.4, 0.5) is 5.69 Å². The first-order valence-electron chi connectivity index (χ1n) is 5.68. The van der Waals surface area contributed by atoms with Crippen LogP contribution in [0, 0.1) is 25.0 Å². The maximum Gasteiger partial charge on any atom is 0.344 e. The van der Waals surface area contributed by atoms with E-state index in [4.69, 9.17) is 15.1 Å². The Bertz CT molecular complexity index is 582. The molecule has 106 valence electrons. The number of carbonyl (C=O) groups is 1. The van der Waals surface area contributed by atoms with Gasteiger partial charge in [0.25, 0.3) is 0 Å². The molecule has 0 aromatic heterocycles. The number of carboxylic acid groups (broad SMARTS) is 1.